The molecule has 0 spiro atoms. The number of hydrogen-bond donors (Lipinski definition) is 1. The van der Waals surface area contributed by atoms with Crippen LogP contribution >= 0.6 is 0 Å². The van der Waals surface area contributed by atoms with Crippen molar-refractivity contribution in [2.45, 2.75) is 59.2 Å². The number of nitrogens with one attached hydrogen (secondary N) is 1. The number of aliphatic imine (C=N–C) groups is 1. The van der Waals surface area contributed by atoms with Crippen LogP contribution in [0.5, 0.6) is 0 Å². The van der Waals surface area contributed by atoms with Gasteiger partial charge in [-0.3, -0.25) is 4.99 Å². The first-order valence-electron chi connectivity index (χ1n) is 9.23. The number of rotatable bonds is 8. The molecule has 0 bridgehead atoms. The Kier molecular flexibility index (Phi) is 6.53. The fourth-order valence-electron chi connectivity index (χ4n) is 3.06. The van der Waals surface area contributed by atoms with E-state index in [4.69, 9.17) is 0 Å². The highest BCUT2D eigenvalue weighted by Gasteiger charge is 2.53. The van der Waals surface area contributed by atoms with Gasteiger partial charge in [-0.1, -0.05) is 37.8 Å². The third-order valence-corrected chi connectivity index (χ3v) is 5.05. The summed E-state index contributed by atoms with van der Waals surface area (Å²) in [5.41, 5.74) is 2.52. The standard InChI is InChI=1S/C21H29F3N2/c1-6-7-8-9-13(2)19(25-15(4)17-10-11-17)16(5)26-20(21(22,23)24)18-12-14(18)3/h6-9,14,17-18,20,26H,5,10-12H2,1-4H3/b7-6-,9-8-,19-13+,25-15?. The van der Waals surface area contributed by atoms with E-state index < -0.39 is 12.2 Å². The maximum absolute atomic E-state index is 13.5. The molecular formula is C21H29F3N2. The Hall–Kier alpha value is -1.78. The lowest BCUT2D eigenvalue weighted by atomic mass is 10.1. The van der Waals surface area contributed by atoms with Crippen molar-refractivity contribution in [3.05, 3.63) is 47.9 Å². The minimum Gasteiger partial charge on any atom is -0.372 e. The van der Waals surface area contributed by atoms with Crippen LogP contribution in [-0.4, -0.2) is 17.9 Å². The van der Waals surface area contributed by atoms with Crippen molar-refractivity contribution in [3.8, 4) is 0 Å². The molecule has 0 aromatic carbocycles. The first-order valence-corrected chi connectivity index (χ1v) is 9.23. The average molecular weight is 366 g/mol. The fourth-order valence-corrected chi connectivity index (χ4v) is 3.06. The molecule has 0 aromatic rings. The van der Waals surface area contributed by atoms with Gasteiger partial charge in [0.2, 0.25) is 0 Å². The molecule has 2 fully saturated rings. The lowest BCUT2D eigenvalue weighted by molar-refractivity contribution is -0.159. The molecule has 0 saturated heterocycles. The van der Waals surface area contributed by atoms with Gasteiger partial charge in [0.15, 0.2) is 0 Å². The van der Waals surface area contributed by atoms with Gasteiger partial charge in [-0.2, -0.15) is 13.2 Å². The molecule has 1 N–H and O–H groups in total. The number of halogens is 3. The maximum Gasteiger partial charge on any atom is 0.408 e. The van der Waals surface area contributed by atoms with E-state index in [1.54, 1.807) is 0 Å². The van der Waals surface area contributed by atoms with Crippen LogP contribution in [-0.2, 0) is 0 Å². The third-order valence-electron chi connectivity index (χ3n) is 5.05. The van der Waals surface area contributed by atoms with Gasteiger partial charge >= 0.3 is 6.18 Å². The second-order valence-corrected chi connectivity index (χ2v) is 7.46. The molecule has 2 saturated carbocycles. The van der Waals surface area contributed by atoms with Crippen LogP contribution in [0.15, 0.2) is 52.8 Å². The molecule has 2 rings (SSSR count). The Morgan fingerprint density at radius 2 is 1.85 bits per heavy atom. The highest BCUT2D eigenvalue weighted by atomic mass is 19.4. The fraction of sp³-hybridized carbons (Fsp3) is 0.571. The molecule has 0 aliphatic heterocycles. The highest BCUT2D eigenvalue weighted by Crippen LogP contribution is 2.46. The third kappa shape index (κ3) is 5.61. The molecule has 26 heavy (non-hydrogen) atoms. The second-order valence-electron chi connectivity index (χ2n) is 7.46. The summed E-state index contributed by atoms with van der Waals surface area (Å²) in [5, 5.41) is 2.65. The highest BCUT2D eigenvalue weighted by molar-refractivity contribution is 5.87. The summed E-state index contributed by atoms with van der Waals surface area (Å²) in [6.07, 6.45) is 5.97. The molecule has 2 nitrogen and oxygen atoms in total. The van der Waals surface area contributed by atoms with Crippen molar-refractivity contribution >= 4 is 5.71 Å². The van der Waals surface area contributed by atoms with E-state index in [9.17, 15) is 13.2 Å². The predicted octanol–water partition coefficient (Wildman–Crippen LogP) is 5.95. The lowest BCUT2D eigenvalue weighted by Crippen LogP contribution is -2.44. The molecule has 144 valence electrons. The number of allylic oxidation sites excluding steroid dienone is 5. The minimum absolute atomic E-state index is 0.0849. The van der Waals surface area contributed by atoms with E-state index in [-0.39, 0.29) is 17.5 Å². The van der Waals surface area contributed by atoms with Crippen LogP contribution < -0.4 is 5.32 Å². The van der Waals surface area contributed by atoms with Gasteiger partial charge in [0.1, 0.15) is 6.04 Å². The Balaban J connectivity index is 2.27. The van der Waals surface area contributed by atoms with E-state index in [0.717, 1.165) is 24.1 Å². The summed E-state index contributed by atoms with van der Waals surface area (Å²) in [4.78, 5) is 4.64. The van der Waals surface area contributed by atoms with E-state index in [1.807, 2.05) is 52.0 Å². The van der Waals surface area contributed by atoms with Crippen molar-refractivity contribution in [2.75, 3.05) is 0 Å². The molecule has 0 radical (unpaired) electrons. The van der Waals surface area contributed by atoms with Crippen LogP contribution in [0, 0.1) is 17.8 Å². The van der Waals surface area contributed by atoms with E-state index in [0.29, 0.717) is 18.0 Å². The van der Waals surface area contributed by atoms with Crippen molar-refractivity contribution in [1.29, 1.82) is 0 Å². The molecule has 0 aromatic heterocycles. The molecule has 3 atom stereocenters. The van der Waals surface area contributed by atoms with Crippen molar-refractivity contribution in [3.63, 3.8) is 0 Å². The Labute approximate surface area is 154 Å². The van der Waals surface area contributed by atoms with Crippen molar-refractivity contribution in [1.82, 2.24) is 5.32 Å². The van der Waals surface area contributed by atoms with E-state index in [1.165, 1.54) is 0 Å². The normalized spacial score (nSPS) is 26.2. The second kappa shape index (κ2) is 8.28. The van der Waals surface area contributed by atoms with Crippen molar-refractivity contribution in [2.24, 2.45) is 22.7 Å². The Morgan fingerprint density at radius 3 is 2.31 bits per heavy atom. The van der Waals surface area contributed by atoms with Crippen LogP contribution in [0.1, 0.15) is 47.0 Å². The SMILES string of the molecule is C=C(NC(C1CC1C)C(F)(F)F)\C(N=C(C)C1CC1)=C(C)/C=C\C=C/C. The number of alkyl halides is 3. The van der Waals surface area contributed by atoms with Gasteiger partial charge in [-0.15, -0.1) is 0 Å². The summed E-state index contributed by atoms with van der Waals surface area (Å²) in [5.74, 6) is 0.147. The number of nitrogens with zero attached hydrogens (tertiary/aromatic N) is 1. The first-order chi connectivity index (χ1) is 12.1. The summed E-state index contributed by atoms with van der Waals surface area (Å²) in [6, 6.07) is -1.57. The largest absolute Gasteiger partial charge is 0.408 e. The Bertz CT molecular complexity index is 649. The molecule has 3 unspecified atom stereocenters. The zero-order chi connectivity index (χ0) is 19.5. The van der Waals surface area contributed by atoms with E-state index >= 15 is 0 Å². The first kappa shape index (κ1) is 20.5. The van der Waals surface area contributed by atoms with Crippen LogP contribution in [0.4, 0.5) is 13.2 Å². The maximum atomic E-state index is 13.5. The van der Waals surface area contributed by atoms with E-state index in [2.05, 4.69) is 16.9 Å². The van der Waals surface area contributed by atoms with Gasteiger partial charge in [0, 0.05) is 5.71 Å². The van der Waals surface area contributed by atoms with Gasteiger partial charge in [-0.05, 0) is 63.4 Å². The summed E-state index contributed by atoms with van der Waals surface area (Å²) < 4.78 is 40.4. The van der Waals surface area contributed by atoms with Gasteiger partial charge < -0.3 is 5.32 Å². The lowest BCUT2D eigenvalue weighted by Gasteiger charge is -2.25. The van der Waals surface area contributed by atoms with Gasteiger partial charge in [0.05, 0.1) is 11.4 Å². The summed E-state index contributed by atoms with van der Waals surface area (Å²) in [7, 11) is 0. The zero-order valence-electron chi connectivity index (χ0n) is 16.0. The summed E-state index contributed by atoms with van der Waals surface area (Å²) in [6.45, 7) is 11.5. The van der Waals surface area contributed by atoms with Crippen LogP contribution in [0.2, 0.25) is 0 Å². The smallest absolute Gasteiger partial charge is 0.372 e. The predicted molar refractivity (Wildman–Crippen MR) is 102 cm³/mol. The van der Waals surface area contributed by atoms with Crippen LogP contribution in [0.3, 0.4) is 0 Å². The minimum atomic E-state index is -4.30. The van der Waals surface area contributed by atoms with Crippen LogP contribution in [0.25, 0.3) is 0 Å². The molecule has 2 aliphatic rings. The number of hydrogen-bond acceptors (Lipinski definition) is 2. The van der Waals surface area contributed by atoms with Gasteiger partial charge in [0.25, 0.3) is 0 Å². The Morgan fingerprint density at radius 1 is 1.23 bits per heavy atom. The molecule has 2 aliphatic carbocycles. The summed E-state index contributed by atoms with van der Waals surface area (Å²) >= 11 is 0. The zero-order valence-corrected chi connectivity index (χ0v) is 16.0. The van der Waals surface area contributed by atoms with Gasteiger partial charge in [-0.25, -0.2) is 0 Å². The molecule has 0 amide bonds. The molecule has 0 heterocycles. The van der Waals surface area contributed by atoms with Crippen molar-refractivity contribution < 1.29 is 13.2 Å². The quantitative estimate of drug-likeness (QED) is 0.416. The monoisotopic (exact) mass is 366 g/mol. The molecular weight excluding hydrogens is 337 g/mol. The molecule has 5 heteroatoms. The topological polar surface area (TPSA) is 24.4 Å². The average Bonchev–Trinajstić information content (AvgIpc) is 3.45.